The zero-order valence-corrected chi connectivity index (χ0v) is 21.8. The first kappa shape index (κ1) is 27.6. The van der Waals surface area contributed by atoms with E-state index in [0.717, 1.165) is 36.8 Å². The van der Waals surface area contributed by atoms with Crippen molar-refractivity contribution in [1.82, 2.24) is 10.9 Å². The van der Waals surface area contributed by atoms with Gasteiger partial charge in [-0.1, -0.05) is 68.7 Å². The van der Waals surface area contributed by atoms with Crippen molar-refractivity contribution in [3.05, 3.63) is 77.4 Å². The van der Waals surface area contributed by atoms with E-state index < -0.39 is 11.8 Å². The van der Waals surface area contributed by atoms with Crippen LogP contribution >= 0.6 is 0 Å². The van der Waals surface area contributed by atoms with Crippen LogP contribution in [0.4, 0.5) is 0 Å². The predicted molar refractivity (Wildman–Crippen MR) is 145 cm³/mol. The summed E-state index contributed by atoms with van der Waals surface area (Å²) in [6, 6.07) is 17.9. The van der Waals surface area contributed by atoms with Gasteiger partial charge in [-0.15, -0.1) is 0 Å². The van der Waals surface area contributed by atoms with Crippen LogP contribution in [-0.4, -0.2) is 30.1 Å². The van der Waals surface area contributed by atoms with Crippen LogP contribution in [0.1, 0.15) is 61.0 Å². The van der Waals surface area contributed by atoms with Crippen molar-refractivity contribution in [2.75, 3.05) is 13.2 Å². The molecule has 0 fully saturated rings. The number of unbranched alkanes of at least 4 members (excludes halogenated alkanes) is 2. The standard InChI is InChI=1S/C30H36N2O5/c1-4-6-15-36-25-19-26(23-13-11-21(3)12-14-23)29(27(20-25)37-16-7-5-2)30(35)32-31-28(34)18-22-9-8-10-24(33)17-22/h8-14,17,19-20,33H,4-7,15-16,18H2,1-3H3,(H,31,34)(H,32,35). The van der Waals surface area contributed by atoms with E-state index in [4.69, 9.17) is 9.47 Å². The number of benzene rings is 3. The molecule has 7 nitrogen and oxygen atoms in total. The summed E-state index contributed by atoms with van der Waals surface area (Å²) in [5, 5.41) is 9.63. The number of carbonyl (C=O) groups is 2. The molecule has 3 N–H and O–H groups in total. The van der Waals surface area contributed by atoms with Crippen molar-refractivity contribution in [2.45, 2.75) is 52.9 Å². The highest BCUT2D eigenvalue weighted by atomic mass is 16.5. The Balaban J connectivity index is 1.91. The van der Waals surface area contributed by atoms with Crippen LogP contribution in [0.5, 0.6) is 17.2 Å². The highest BCUT2D eigenvalue weighted by Gasteiger charge is 2.22. The van der Waals surface area contributed by atoms with E-state index in [0.29, 0.717) is 41.4 Å². The Bertz CT molecular complexity index is 1190. The molecule has 2 amide bonds. The largest absolute Gasteiger partial charge is 0.508 e. The zero-order chi connectivity index (χ0) is 26.6. The fraction of sp³-hybridized carbons (Fsp3) is 0.333. The molecular weight excluding hydrogens is 468 g/mol. The number of rotatable bonds is 12. The van der Waals surface area contributed by atoms with Gasteiger partial charge in [0.05, 0.1) is 25.2 Å². The van der Waals surface area contributed by atoms with Gasteiger partial charge in [-0.3, -0.25) is 20.4 Å². The monoisotopic (exact) mass is 504 g/mol. The SMILES string of the molecule is CCCCOc1cc(OCCCC)c(C(=O)NNC(=O)Cc2cccc(O)c2)c(-c2ccc(C)cc2)c1. The molecule has 0 saturated carbocycles. The Morgan fingerprint density at radius 1 is 0.865 bits per heavy atom. The van der Waals surface area contributed by atoms with Crippen LogP contribution in [0.25, 0.3) is 11.1 Å². The van der Waals surface area contributed by atoms with Gasteiger partial charge < -0.3 is 14.6 Å². The lowest BCUT2D eigenvalue weighted by Crippen LogP contribution is -2.42. The third kappa shape index (κ3) is 8.27. The first-order valence-corrected chi connectivity index (χ1v) is 12.8. The summed E-state index contributed by atoms with van der Waals surface area (Å²) in [4.78, 5) is 25.9. The lowest BCUT2D eigenvalue weighted by Gasteiger charge is -2.18. The number of hydrogen-bond donors (Lipinski definition) is 3. The quantitative estimate of drug-likeness (QED) is 0.216. The number of aryl methyl sites for hydroxylation is 1. The molecule has 3 aromatic rings. The molecule has 0 heterocycles. The molecule has 0 aliphatic carbocycles. The van der Waals surface area contributed by atoms with Crippen molar-refractivity contribution < 1.29 is 24.2 Å². The minimum absolute atomic E-state index is 0.00353. The zero-order valence-electron chi connectivity index (χ0n) is 21.8. The maximum Gasteiger partial charge on any atom is 0.274 e. The summed E-state index contributed by atoms with van der Waals surface area (Å²) in [5.41, 5.74) is 8.56. The third-order valence-corrected chi connectivity index (χ3v) is 5.78. The van der Waals surface area contributed by atoms with Crippen LogP contribution in [0.15, 0.2) is 60.7 Å². The molecule has 0 aliphatic rings. The molecular formula is C30H36N2O5. The summed E-state index contributed by atoms with van der Waals surface area (Å²) in [6.07, 6.45) is 3.71. The second-order valence-electron chi connectivity index (χ2n) is 8.96. The third-order valence-electron chi connectivity index (χ3n) is 5.78. The number of phenolic OH excluding ortho intramolecular Hbond substituents is 1. The van der Waals surface area contributed by atoms with Crippen LogP contribution in [0.3, 0.4) is 0 Å². The molecule has 0 saturated heterocycles. The molecule has 0 unspecified atom stereocenters. The van der Waals surface area contributed by atoms with Gasteiger partial charge in [-0.05, 0) is 49.1 Å². The minimum Gasteiger partial charge on any atom is -0.508 e. The van der Waals surface area contributed by atoms with Crippen molar-refractivity contribution in [1.29, 1.82) is 0 Å². The first-order chi connectivity index (χ1) is 17.9. The topological polar surface area (TPSA) is 96.9 Å². The van der Waals surface area contributed by atoms with Crippen molar-refractivity contribution in [3.63, 3.8) is 0 Å². The summed E-state index contributed by atoms with van der Waals surface area (Å²) in [5.74, 6) is 0.195. The van der Waals surface area contributed by atoms with Crippen LogP contribution in [0.2, 0.25) is 0 Å². The fourth-order valence-electron chi connectivity index (χ4n) is 3.73. The lowest BCUT2D eigenvalue weighted by atomic mass is 9.97. The molecule has 0 radical (unpaired) electrons. The number of hydrogen-bond acceptors (Lipinski definition) is 5. The van der Waals surface area contributed by atoms with Gasteiger partial charge in [0, 0.05) is 11.6 Å². The maximum absolute atomic E-state index is 13.5. The van der Waals surface area contributed by atoms with Crippen LogP contribution < -0.4 is 20.3 Å². The number of carbonyl (C=O) groups excluding carboxylic acids is 2. The van der Waals surface area contributed by atoms with E-state index in [9.17, 15) is 14.7 Å². The molecule has 3 aromatic carbocycles. The van der Waals surface area contributed by atoms with Gasteiger partial charge in [-0.25, -0.2) is 0 Å². The number of ether oxygens (including phenoxy) is 2. The molecule has 0 bridgehead atoms. The fourth-order valence-corrected chi connectivity index (χ4v) is 3.73. The molecule has 7 heteroatoms. The van der Waals surface area contributed by atoms with E-state index >= 15 is 0 Å². The number of aromatic hydroxyl groups is 1. The Morgan fingerprint density at radius 2 is 1.57 bits per heavy atom. The molecule has 3 rings (SSSR count). The van der Waals surface area contributed by atoms with Crippen molar-refractivity contribution in [3.8, 4) is 28.4 Å². The summed E-state index contributed by atoms with van der Waals surface area (Å²) < 4.78 is 12.1. The van der Waals surface area contributed by atoms with Crippen LogP contribution in [0, 0.1) is 6.92 Å². The van der Waals surface area contributed by atoms with Crippen molar-refractivity contribution in [2.24, 2.45) is 0 Å². The molecule has 0 aromatic heterocycles. The average molecular weight is 505 g/mol. The highest BCUT2D eigenvalue weighted by Crippen LogP contribution is 2.36. The second-order valence-corrected chi connectivity index (χ2v) is 8.96. The smallest absolute Gasteiger partial charge is 0.274 e. The Morgan fingerprint density at radius 3 is 2.24 bits per heavy atom. The minimum atomic E-state index is -0.494. The van der Waals surface area contributed by atoms with Gasteiger partial charge >= 0.3 is 0 Å². The summed E-state index contributed by atoms with van der Waals surface area (Å²) >= 11 is 0. The van der Waals surface area contributed by atoms with Gasteiger partial charge in [0.25, 0.3) is 5.91 Å². The second kappa shape index (κ2) is 13.9. The van der Waals surface area contributed by atoms with E-state index in [-0.39, 0.29) is 12.2 Å². The molecule has 0 spiro atoms. The van der Waals surface area contributed by atoms with Gasteiger partial charge in [0.15, 0.2) is 0 Å². The molecule has 196 valence electrons. The number of phenols is 1. The molecule has 37 heavy (non-hydrogen) atoms. The first-order valence-electron chi connectivity index (χ1n) is 12.8. The average Bonchev–Trinajstić information content (AvgIpc) is 2.88. The van der Waals surface area contributed by atoms with Crippen molar-refractivity contribution >= 4 is 11.8 Å². The van der Waals surface area contributed by atoms with Gasteiger partial charge in [0.1, 0.15) is 17.2 Å². The predicted octanol–water partition coefficient (Wildman–Crippen LogP) is 5.73. The normalized spacial score (nSPS) is 10.6. The Hall–Kier alpha value is -4.00. The number of hydrazine groups is 1. The van der Waals surface area contributed by atoms with E-state index in [1.807, 2.05) is 37.3 Å². The van der Waals surface area contributed by atoms with E-state index in [2.05, 4.69) is 24.7 Å². The molecule has 0 aliphatic heterocycles. The maximum atomic E-state index is 13.5. The lowest BCUT2D eigenvalue weighted by molar-refractivity contribution is -0.121. The van der Waals surface area contributed by atoms with Crippen LogP contribution in [-0.2, 0) is 11.2 Å². The van der Waals surface area contributed by atoms with E-state index in [1.165, 1.54) is 12.1 Å². The van der Waals surface area contributed by atoms with E-state index in [1.54, 1.807) is 18.2 Å². The summed E-state index contributed by atoms with van der Waals surface area (Å²) in [7, 11) is 0. The number of nitrogens with one attached hydrogen (secondary N) is 2. The van der Waals surface area contributed by atoms with Gasteiger partial charge in [0.2, 0.25) is 5.91 Å². The summed E-state index contributed by atoms with van der Waals surface area (Å²) in [6.45, 7) is 7.19. The highest BCUT2D eigenvalue weighted by molar-refractivity contribution is 6.04. The Labute approximate surface area is 218 Å². The molecule has 0 atom stereocenters. The Kier molecular flexibility index (Phi) is 10.4. The number of amides is 2. The van der Waals surface area contributed by atoms with Gasteiger partial charge in [-0.2, -0.15) is 0 Å².